The van der Waals surface area contributed by atoms with Gasteiger partial charge in [-0.25, -0.2) is 9.48 Å². The van der Waals surface area contributed by atoms with Crippen LogP contribution in [-0.2, 0) is 16.1 Å². The van der Waals surface area contributed by atoms with E-state index in [1.165, 1.54) is 0 Å². The molecule has 1 unspecified atom stereocenters. The lowest BCUT2D eigenvalue weighted by Gasteiger charge is -2.29. The molecule has 0 aliphatic carbocycles. The molecule has 2 aromatic carbocycles. The van der Waals surface area contributed by atoms with Crippen molar-refractivity contribution in [2.75, 3.05) is 24.3 Å². The van der Waals surface area contributed by atoms with Gasteiger partial charge in [0, 0.05) is 22.0 Å². The summed E-state index contributed by atoms with van der Waals surface area (Å²) in [5.41, 5.74) is 2.77. The molecule has 1 aliphatic heterocycles. The lowest BCUT2D eigenvalue weighted by molar-refractivity contribution is -0.139. The molecular weight excluding hydrogens is 604 g/mol. The van der Waals surface area contributed by atoms with Gasteiger partial charge in [0.1, 0.15) is 12.6 Å². The lowest BCUT2D eigenvalue weighted by Crippen LogP contribution is -2.30. The summed E-state index contributed by atoms with van der Waals surface area (Å²) in [5.74, 6) is 2.14. The molecule has 39 heavy (non-hydrogen) atoms. The molecule has 0 fully saturated rings. The minimum absolute atomic E-state index is 0.268. The first kappa shape index (κ1) is 29.3. The molecule has 0 spiro atoms. The van der Waals surface area contributed by atoms with Crippen LogP contribution in [-0.4, -0.2) is 39.7 Å². The summed E-state index contributed by atoms with van der Waals surface area (Å²) in [5, 5.41) is 9.29. The minimum atomic E-state index is -0.581. The topological polar surface area (TPSA) is 87.5 Å². The number of halogens is 2. The number of benzene rings is 2. The van der Waals surface area contributed by atoms with E-state index in [0.29, 0.717) is 56.6 Å². The number of rotatable bonds is 12. The third kappa shape index (κ3) is 6.73. The number of ether oxygens (including phenoxy) is 3. The average molecular weight is 636 g/mol. The van der Waals surface area contributed by atoms with E-state index < -0.39 is 12.0 Å². The highest BCUT2D eigenvalue weighted by Gasteiger charge is 2.36. The summed E-state index contributed by atoms with van der Waals surface area (Å²) in [6, 6.07) is 10.8. The van der Waals surface area contributed by atoms with Gasteiger partial charge in [-0.2, -0.15) is 4.98 Å². The number of hydrogen-bond acceptors (Lipinski definition) is 8. The smallest absolute Gasteiger partial charge is 0.338 e. The second-order valence-electron chi connectivity index (χ2n) is 8.86. The maximum atomic E-state index is 13.3. The van der Waals surface area contributed by atoms with Gasteiger partial charge in [-0.3, -0.25) is 0 Å². The molecule has 1 aliphatic rings. The standard InChI is InChI=1S/C28H32BrClN4O4S/c1-5-12-37-26(35)23-17(4)31-27-32-28(39-13-6-2)33-34(27)24(23)19-14-20(29)25(22(15-19)36-7-3)38-16-18-10-8-9-11-21(18)30/h8-11,14-15,24H,5-7,12-13,16H2,1-4H3,(H,31,32,33). The Morgan fingerprint density at radius 3 is 2.69 bits per heavy atom. The molecule has 2 heterocycles. The molecule has 0 amide bonds. The van der Waals surface area contributed by atoms with Crippen molar-refractivity contribution in [1.29, 1.82) is 0 Å². The quantitative estimate of drug-likeness (QED) is 0.163. The Labute approximate surface area is 246 Å². The summed E-state index contributed by atoms with van der Waals surface area (Å²) >= 11 is 11.6. The van der Waals surface area contributed by atoms with E-state index >= 15 is 0 Å². The number of fused-ring (bicyclic) bond motifs is 1. The molecular formula is C28H32BrClN4O4S. The molecule has 0 bridgehead atoms. The molecule has 11 heteroatoms. The SMILES string of the molecule is CCCOC(=O)C1=C(C)Nc2nc(SCCC)nn2C1c1cc(Br)c(OCc2ccccc2Cl)c(OCC)c1. The Kier molecular flexibility index (Phi) is 10.2. The Morgan fingerprint density at radius 1 is 1.18 bits per heavy atom. The number of esters is 1. The van der Waals surface area contributed by atoms with E-state index in [1.54, 1.807) is 16.4 Å². The molecule has 0 radical (unpaired) electrons. The van der Waals surface area contributed by atoms with E-state index in [2.05, 4.69) is 33.2 Å². The van der Waals surface area contributed by atoms with Crippen molar-refractivity contribution in [3.05, 3.63) is 68.3 Å². The summed E-state index contributed by atoms with van der Waals surface area (Å²) in [6.45, 7) is 8.86. The fourth-order valence-electron chi connectivity index (χ4n) is 4.15. The highest BCUT2D eigenvalue weighted by molar-refractivity contribution is 9.10. The van der Waals surface area contributed by atoms with Gasteiger partial charge in [0.2, 0.25) is 11.1 Å². The van der Waals surface area contributed by atoms with E-state index in [1.807, 2.05) is 57.2 Å². The van der Waals surface area contributed by atoms with Crippen molar-refractivity contribution in [3.8, 4) is 11.5 Å². The van der Waals surface area contributed by atoms with Crippen LogP contribution in [0, 0.1) is 0 Å². The number of hydrogen-bond donors (Lipinski definition) is 1. The van der Waals surface area contributed by atoms with Crippen LogP contribution in [0.3, 0.4) is 0 Å². The number of allylic oxidation sites excluding steroid dienone is 1. The zero-order valence-corrected chi connectivity index (χ0v) is 25.6. The average Bonchev–Trinajstić information content (AvgIpc) is 3.32. The normalized spacial score (nSPS) is 14.6. The second kappa shape index (κ2) is 13.6. The third-order valence-electron chi connectivity index (χ3n) is 5.90. The monoisotopic (exact) mass is 634 g/mol. The fraction of sp³-hybridized carbons (Fsp3) is 0.393. The van der Waals surface area contributed by atoms with Crippen LogP contribution in [0.2, 0.25) is 5.02 Å². The number of anilines is 1. The van der Waals surface area contributed by atoms with Gasteiger partial charge >= 0.3 is 5.97 Å². The highest BCUT2D eigenvalue weighted by Crippen LogP contribution is 2.44. The molecule has 3 aromatic rings. The lowest BCUT2D eigenvalue weighted by atomic mass is 9.95. The van der Waals surface area contributed by atoms with Crippen molar-refractivity contribution < 1.29 is 19.0 Å². The van der Waals surface area contributed by atoms with Crippen molar-refractivity contribution in [2.45, 2.75) is 58.3 Å². The van der Waals surface area contributed by atoms with Crippen molar-refractivity contribution in [3.63, 3.8) is 0 Å². The van der Waals surface area contributed by atoms with Crippen LogP contribution < -0.4 is 14.8 Å². The van der Waals surface area contributed by atoms with E-state index in [-0.39, 0.29) is 6.61 Å². The largest absolute Gasteiger partial charge is 0.490 e. The summed E-state index contributed by atoms with van der Waals surface area (Å²) in [4.78, 5) is 18.0. The summed E-state index contributed by atoms with van der Waals surface area (Å²) in [6.07, 6.45) is 1.72. The van der Waals surface area contributed by atoms with Gasteiger partial charge < -0.3 is 19.5 Å². The first-order valence-corrected chi connectivity index (χ1v) is 15.1. The van der Waals surface area contributed by atoms with E-state index in [4.69, 9.17) is 30.9 Å². The van der Waals surface area contributed by atoms with Gasteiger partial charge in [0.05, 0.1) is 23.3 Å². The molecule has 4 rings (SSSR count). The number of nitrogens with zero attached hydrogens (tertiary/aromatic N) is 3. The Morgan fingerprint density at radius 2 is 1.97 bits per heavy atom. The number of carbonyl (C=O) groups is 1. The van der Waals surface area contributed by atoms with E-state index in [9.17, 15) is 4.79 Å². The maximum absolute atomic E-state index is 13.3. The van der Waals surface area contributed by atoms with Crippen molar-refractivity contribution in [2.24, 2.45) is 0 Å². The zero-order chi connectivity index (χ0) is 27.9. The molecule has 1 aromatic heterocycles. The molecule has 8 nitrogen and oxygen atoms in total. The van der Waals surface area contributed by atoms with Crippen LogP contribution in [0.1, 0.15) is 57.7 Å². The molecule has 0 saturated carbocycles. The molecule has 1 atom stereocenters. The Hall–Kier alpha value is -2.69. The maximum Gasteiger partial charge on any atom is 0.338 e. The van der Waals surface area contributed by atoms with E-state index in [0.717, 1.165) is 29.7 Å². The van der Waals surface area contributed by atoms with Crippen LogP contribution >= 0.6 is 39.3 Å². The number of nitrogens with one attached hydrogen (secondary N) is 1. The highest BCUT2D eigenvalue weighted by atomic mass is 79.9. The first-order valence-electron chi connectivity index (χ1n) is 12.9. The minimum Gasteiger partial charge on any atom is -0.490 e. The molecule has 0 saturated heterocycles. The predicted octanol–water partition coefficient (Wildman–Crippen LogP) is 7.42. The van der Waals surface area contributed by atoms with Gasteiger partial charge in [-0.15, -0.1) is 5.10 Å². The first-order chi connectivity index (χ1) is 18.9. The number of aromatic nitrogens is 3. The van der Waals surface area contributed by atoms with Crippen LogP contribution in [0.25, 0.3) is 0 Å². The molecule has 208 valence electrons. The van der Waals surface area contributed by atoms with Gasteiger partial charge in [-0.05, 0) is 66.4 Å². The predicted molar refractivity (Wildman–Crippen MR) is 158 cm³/mol. The fourth-order valence-corrected chi connectivity index (χ4v) is 5.59. The Bertz CT molecular complexity index is 1360. The van der Waals surface area contributed by atoms with Gasteiger partial charge in [-0.1, -0.05) is 55.4 Å². The third-order valence-corrected chi connectivity index (χ3v) is 7.90. The van der Waals surface area contributed by atoms with Crippen LogP contribution in [0.15, 0.2) is 57.3 Å². The van der Waals surface area contributed by atoms with Gasteiger partial charge in [0.15, 0.2) is 11.5 Å². The summed E-state index contributed by atoms with van der Waals surface area (Å²) in [7, 11) is 0. The summed E-state index contributed by atoms with van der Waals surface area (Å²) < 4.78 is 20.2. The molecule has 1 N–H and O–H groups in total. The number of carbonyl (C=O) groups excluding carboxylic acids is 1. The van der Waals surface area contributed by atoms with Crippen molar-refractivity contribution >= 4 is 51.2 Å². The Balaban J connectivity index is 1.78. The van der Waals surface area contributed by atoms with Gasteiger partial charge in [0.25, 0.3) is 0 Å². The van der Waals surface area contributed by atoms with Crippen LogP contribution in [0.5, 0.6) is 11.5 Å². The van der Waals surface area contributed by atoms with Crippen LogP contribution in [0.4, 0.5) is 5.95 Å². The number of thioether (sulfide) groups is 1. The second-order valence-corrected chi connectivity index (χ2v) is 11.2. The zero-order valence-electron chi connectivity index (χ0n) is 22.4. The van der Waals surface area contributed by atoms with Crippen molar-refractivity contribution in [1.82, 2.24) is 14.8 Å².